The molecule has 0 N–H and O–H groups in total. The second-order valence-electron chi connectivity index (χ2n) is 2.62. The van der Waals surface area contributed by atoms with Gasteiger partial charge in [-0.1, -0.05) is 14.8 Å². The summed E-state index contributed by atoms with van der Waals surface area (Å²) in [5.41, 5.74) is 0.794. The maximum atomic E-state index is 10.6. The average Bonchev–Trinajstić information content (AvgIpc) is 2.16. The lowest BCUT2D eigenvalue weighted by Crippen LogP contribution is -2.11. The van der Waals surface area contributed by atoms with Gasteiger partial charge in [-0.25, -0.2) is 4.98 Å². The fourth-order valence-corrected chi connectivity index (χ4v) is 2.09. The van der Waals surface area contributed by atoms with Gasteiger partial charge in [-0.15, -0.1) is 0 Å². The normalized spacial score (nSPS) is 12.5. The summed E-state index contributed by atoms with van der Waals surface area (Å²) >= 11 is 0. The van der Waals surface area contributed by atoms with Crippen molar-refractivity contribution < 1.29 is 4.92 Å². The standard InChI is InChI=1S/C8H11N2O2P/c1-3-13(2)8-7(10(11)12)5-4-6-9-8/h4-6H,3H2,1-2H3. The molecule has 0 bridgehead atoms. The maximum Gasteiger partial charge on any atom is 0.295 e. The molecule has 0 saturated heterocycles. The first-order valence-corrected chi connectivity index (χ1v) is 5.94. The fourth-order valence-electron chi connectivity index (χ4n) is 0.975. The highest BCUT2D eigenvalue weighted by atomic mass is 31.1. The molecule has 0 aromatic carbocycles. The van der Waals surface area contributed by atoms with E-state index in [9.17, 15) is 10.1 Å². The van der Waals surface area contributed by atoms with Crippen LogP contribution in [0.1, 0.15) is 6.92 Å². The topological polar surface area (TPSA) is 56.0 Å². The highest BCUT2D eigenvalue weighted by Crippen LogP contribution is 2.31. The summed E-state index contributed by atoms with van der Waals surface area (Å²) in [5, 5.41) is 10.6. The summed E-state index contributed by atoms with van der Waals surface area (Å²) in [4.78, 5) is 14.3. The van der Waals surface area contributed by atoms with Gasteiger partial charge in [-0.2, -0.15) is 0 Å². The molecule has 0 aliphatic rings. The lowest BCUT2D eigenvalue weighted by atomic mass is 10.4. The van der Waals surface area contributed by atoms with Crippen LogP contribution in [0.4, 0.5) is 5.69 Å². The fraction of sp³-hybridized carbons (Fsp3) is 0.375. The van der Waals surface area contributed by atoms with Crippen molar-refractivity contribution >= 4 is 19.0 Å². The zero-order valence-electron chi connectivity index (χ0n) is 7.60. The second kappa shape index (κ2) is 4.28. The summed E-state index contributed by atoms with van der Waals surface area (Å²) in [5.74, 6) is 0. The Kier molecular flexibility index (Phi) is 3.32. The van der Waals surface area contributed by atoms with E-state index < -0.39 is 7.92 Å². The van der Waals surface area contributed by atoms with Crippen molar-refractivity contribution in [1.82, 2.24) is 4.98 Å². The Morgan fingerprint density at radius 2 is 2.38 bits per heavy atom. The van der Waals surface area contributed by atoms with Crippen LogP contribution in [-0.2, 0) is 0 Å². The van der Waals surface area contributed by atoms with E-state index in [0.717, 1.165) is 6.16 Å². The van der Waals surface area contributed by atoms with Gasteiger partial charge in [0.2, 0.25) is 0 Å². The van der Waals surface area contributed by atoms with E-state index in [4.69, 9.17) is 0 Å². The lowest BCUT2D eigenvalue weighted by molar-refractivity contribution is -0.383. The maximum absolute atomic E-state index is 10.6. The Morgan fingerprint density at radius 3 is 2.92 bits per heavy atom. The van der Waals surface area contributed by atoms with Crippen molar-refractivity contribution in [3.63, 3.8) is 0 Å². The van der Waals surface area contributed by atoms with E-state index in [0.29, 0.717) is 5.44 Å². The van der Waals surface area contributed by atoms with Crippen molar-refractivity contribution in [3.8, 4) is 0 Å². The summed E-state index contributed by atoms with van der Waals surface area (Å²) in [6, 6.07) is 3.11. The minimum Gasteiger partial charge on any atom is -0.258 e. The minimum absolute atomic E-state index is 0.151. The van der Waals surface area contributed by atoms with E-state index in [2.05, 4.69) is 4.98 Å². The molecule has 0 aliphatic heterocycles. The molecule has 0 radical (unpaired) electrons. The van der Waals surface area contributed by atoms with E-state index in [1.807, 2.05) is 13.6 Å². The van der Waals surface area contributed by atoms with Crippen molar-refractivity contribution in [2.75, 3.05) is 12.8 Å². The third-order valence-electron chi connectivity index (χ3n) is 1.80. The molecule has 1 heterocycles. The predicted molar refractivity (Wildman–Crippen MR) is 53.9 cm³/mol. The van der Waals surface area contributed by atoms with Gasteiger partial charge in [0.1, 0.15) is 5.44 Å². The molecule has 4 nitrogen and oxygen atoms in total. The van der Waals surface area contributed by atoms with E-state index in [1.165, 1.54) is 6.07 Å². The minimum atomic E-state index is -0.479. The molecular formula is C8H11N2O2P. The summed E-state index contributed by atoms with van der Waals surface area (Å²) in [6.45, 7) is 4.02. The van der Waals surface area contributed by atoms with Crippen LogP contribution in [0.15, 0.2) is 18.3 Å². The largest absolute Gasteiger partial charge is 0.295 e. The van der Waals surface area contributed by atoms with Crippen LogP contribution < -0.4 is 5.44 Å². The number of nitrogens with zero attached hydrogens (tertiary/aromatic N) is 2. The first-order valence-electron chi connectivity index (χ1n) is 3.97. The predicted octanol–water partition coefficient (Wildman–Crippen LogP) is 1.75. The van der Waals surface area contributed by atoms with E-state index in [1.54, 1.807) is 12.3 Å². The van der Waals surface area contributed by atoms with E-state index in [-0.39, 0.29) is 10.6 Å². The number of nitro groups is 1. The summed E-state index contributed by atoms with van der Waals surface area (Å²) in [6.07, 6.45) is 2.53. The number of aromatic nitrogens is 1. The molecule has 0 saturated carbocycles. The van der Waals surface area contributed by atoms with Crippen molar-refractivity contribution in [3.05, 3.63) is 28.4 Å². The quantitative estimate of drug-likeness (QED) is 0.422. The molecule has 0 spiro atoms. The van der Waals surface area contributed by atoms with Crippen molar-refractivity contribution in [2.24, 2.45) is 0 Å². The Hall–Kier alpha value is -1.02. The molecule has 1 rings (SSSR count). The molecular weight excluding hydrogens is 187 g/mol. The van der Waals surface area contributed by atoms with Gasteiger partial charge in [-0.3, -0.25) is 10.1 Å². The van der Waals surface area contributed by atoms with Crippen molar-refractivity contribution in [2.45, 2.75) is 6.92 Å². The molecule has 70 valence electrons. The summed E-state index contributed by atoms with van der Waals surface area (Å²) < 4.78 is 0. The smallest absolute Gasteiger partial charge is 0.258 e. The third-order valence-corrected chi connectivity index (χ3v) is 3.82. The third kappa shape index (κ3) is 2.22. The average molecular weight is 198 g/mol. The Morgan fingerprint density at radius 1 is 1.69 bits per heavy atom. The molecule has 0 amide bonds. The Labute approximate surface area is 77.9 Å². The molecule has 0 fully saturated rings. The first-order chi connectivity index (χ1) is 6.16. The van der Waals surface area contributed by atoms with Gasteiger partial charge in [0.05, 0.1) is 4.92 Å². The number of rotatable bonds is 3. The number of hydrogen-bond acceptors (Lipinski definition) is 3. The first kappa shape index (κ1) is 10.1. The zero-order chi connectivity index (χ0) is 9.84. The molecule has 1 aromatic heterocycles. The molecule has 0 aliphatic carbocycles. The molecule has 13 heavy (non-hydrogen) atoms. The van der Waals surface area contributed by atoms with Gasteiger partial charge < -0.3 is 0 Å². The molecule has 5 heteroatoms. The summed E-state index contributed by atoms with van der Waals surface area (Å²) in [7, 11) is -0.479. The van der Waals surface area contributed by atoms with E-state index >= 15 is 0 Å². The van der Waals surface area contributed by atoms with Gasteiger partial charge in [-0.05, 0) is 18.9 Å². The van der Waals surface area contributed by atoms with Crippen LogP contribution in [0.25, 0.3) is 0 Å². The Bertz CT molecular complexity index is 317. The zero-order valence-corrected chi connectivity index (χ0v) is 8.49. The van der Waals surface area contributed by atoms with Gasteiger partial charge in [0, 0.05) is 12.3 Å². The molecule has 1 atom stereocenters. The SMILES string of the molecule is CCP(C)c1ncccc1[N+](=O)[O-]. The van der Waals surface area contributed by atoms with Gasteiger partial charge in [0.25, 0.3) is 5.69 Å². The number of pyridine rings is 1. The van der Waals surface area contributed by atoms with Crippen LogP contribution in [0.2, 0.25) is 0 Å². The van der Waals surface area contributed by atoms with Gasteiger partial charge in [0.15, 0.2) is 0 Å². The van der Waals surface area contributed by atoms with Crippen LogP contribution in [0.5, 0.6) is 0 Å². The van der Waals surface area contributed by atoms with Crippen LogP contribution >= 0.6 is 7.92 Å². The second-order valence-corrected chi connectivity index (χ2v) is 5.07. The number of hydrogen-bond donors (Lipinski definition) is 0. The Balaban J connectivity index is 3.11. The van der Waals surface area contributed by atoms with Crippen LogP contribution in [-0.4, -0.2) is 22.7 Å². The highest BCUT2D eigenvalue weighted by molar-refractivity contribution is 7.64. The van der Waals surface area contributed by atoms with Crippen LogP contribution in [0.3, 0.4) is 0 Å². The van der Waals surface area contributed by atoms with Crippen molar-refractivity contribution in [1.29, 1.82) is 0 Å². The lowest BCUT2D eigenvalue weighted by Gasteiger charge is -2.07. The monoisotopic (exact) mass is 198 g/mol. The molecule has 1 aromatic rings. The van der Waals surface area contributed by atoms with Crippen LogP contribution in [0, 0.1) is 10.1 Å². The highest BCUT2D eigenvalue weighted by Gasteiger charge is 2.17. The van der Waals surface area contributed by atoms with Gasteiger partial charge >= 0.3 is 0 Å². The molecule has 1 unspecified atom stereocenters.